The molecule has 3 nitrogen and oxygen atoms in total. The number of benzene rings is 2. The Morgan fingerprint density at radius 2 is 1.74 bits per heavy atom. The Morgan fingerprint density at radius 1 is 1.11 bits per heavy atom. The highest BCUT2D eigenvalue weighted by Gasteiger charge is 2.20. The van der Waals surface area contributed by atoms with Gasteiger partial charge in [-0.1, -0.05) is 30.3 Å². The molecule has 0 bridgehead atoms. The van der Waals surface area contributed by atoms with Gasteiger partial charge in [0.05, 0.1) is 5.60 Å². The van der Waals surface area contributed by atoms with E-state index in [2.05, 4.69) is 0 Å². The highest BCUT2D eigenvalue weighted by molar-refractivity contribution is 5.38. The normalized spacial score (nSPS) is 13.9. The van der Waals surface area contributed by atoms with Crippen molar-refractivity contribution >= 4 is 0 Å². The molecule has 0 saturated carbocycles. The molecule has 1 unspecified atom stereocenters. The molecule has 0 radical (unpaired) electrons. The summed E-state index contributed by atoms with van der Waals surface area (Å²) in [6.07, 6.45) is 0. The van der Waals surface area contributed by atoms with Crippen LogP contribution in [0.25, 0.3) is 0 Å². The first-order valence-corrected chi connectivity index (χ1v) is 6.29. The van der Waals surface area contributed by atoms with Crippen molar-refractivity contribution in [3.63, 3.8) is 0 Å². The van der Waals surface area contributed by atoms with Gasteiger partial charge in [0.2, 0.25) is 0 Å². The highest BCUT2D eigenvalue weighted by atomic mass is 16.5. The fourth-order valence-electron chi connectivity index (χ4n) is 1.80. The minimum atomic E-state index is -0.999. The van der Waals surface area contributed by atoms with Crippen molar-refractivity contribution in [2.45, 2.75) is 19.4 Å². The molecule has 0 aliphatic rings. The van der Waals surface area contributed by atoms with E-state index < -0.39 is 5.60 Å². The molecular weight excluding hydrogens is 238 g/mol. The molecule has 2 aromatic carbocycles. The van der Waals surface area contributed by atoms with E-state index in [-0.39, 0.29) is 6.54 Å². The third-order valence-corrected chi connectivity index (χ3v) is 3.20. The third kappa shape index (κ3) is 3.13. The maximum absolute atomic E-state index is 10.1. The molecule has 0 amide bonds. The second kappa shape index (κ2) is 5.43. The van der Waals surface area contributed by atoms with Crippen molar-refractivity contribution in [3.05, 3.63) is 59.7 Å². The third-order valence-electron chi connectivity index (χ3n) is 3.20. The Kier molecular flexibility index (Phi) is 3.88. The zero-order chi connectivity index (χ0) is 13.9. The average molecular weight is 257 g/mol. The summed E-state index contributed by atoms with van der Waals surface area (Å²) in [5, 5.41) is 10.1. The first kappa shape index (κ1) is 13.6. The minimum absolute atomic E-state index is 0.186. The van der Waals surface area contributed by atoms with Crippen molar-refractivity contribution < 1.29 is 9.84 Å². The Balaban J connectivity index is 2.18. The van der Waals surface area contributed by atoms with Crippen molar-refractivity contribution in [3.8, 4) is 11.5 Å². The fourth-order valence-corrected chi connectivity index (χ4v) is 1.80. The van der Waals surface area contributed by atoms with Crippen LogP contribution in [0.3, 0.4) is 0 Å². The molecule has 2 rings (SSSR count). The number of rotatable bonds is 4. The summed E-state index contributed by atoms with van der Waals surface area (Å²) in [6, 6.07) is 15.2. The quantitative estimate of drug-likeness (QED) is 0.885. The summed E-state index contributed by atoms with van der Waals surface area (Å²) >= 11 is 0. The number of aryl methyl sites for hydroxylation is 1. The van der Waals surface area contributed by atoms with Crippen molar-refractivity contribution in [2.24, 2.45) is 5.73 Å². The lowest BCUT2D eigenvalue weighted by Gasteiger charge is -2.21. The molecule has 0 spiro atoms. The van der Waals surface area contributed by atoms with Crippen LogP contribution in [0.1, 0.15) is 18.1 Å². The van der Waals surface area contributed by atoms with Gasteiger partial charge in [-0.3, -0.25) is 0 Å². The van der Waals surface area contributed by atoms with Crippen molar-refractivity contribution in [2.75, 3.05) is 6.54 Å². The summed E-state index contributed by atoms with van der Waals surface area (Å²) in [6.45, 7) is 3.89. The Bertz CT molecular complexity index is 547. The minimum Gasteiger partial charge on any atom is -0.457 e. The fraction of sp³-hybridized carbons (Fsp3) is 0.250. The van der Waals surface area contributed by atoms with Crippen LogP contribution >= 0.6 is 0 Å². The highest BCUT2D eigenvalue weighted by Crippen LogP contribution is 2.27. The van der Waals surface area contributed by atoms with Crippen LogP contribution in [0.15, 0.2) is 48.5 Å². The van der Waals surface area contributed by atoms with E-state index in [9.17, 15) is 5.11 Å². The van der Waals surface area contributed by atoms with Gasteiger partial charge in [-0.15, -0.1) is 0 Å². The molecule has 0 aliphatic heterocycles. The maximum Gasteiger partial charge on any atom is 0.130 e. The second-order valence-electron chi connectivity index (χ2n) is 4.87. The van der Waals surface area contributed by atoms with Gasteiger partial charge >= 0.3 is 0 Å². The lowest BCUT2D eigenvalue weighted by atomic mass is 9.96. The Morgan fingerprint density at radius 3 is 2.32 bits per heavy atom. The molecule has 0 fully saturated rings. The lowest BCUT2D eigenvalue weighted by Crippen LogP contribution is -2.31. The first-order valence-electron chi connectivity index (χ1n) is 6.29. The van der Waals surface area contributed by atoms with E-state index in [4.69, 9.17) is 10.5 Å². The SMILES string of the molecule is Cc1ccccc1Oc1ccc(C(C)(O)CN)cc1. The van der Waals surface area contributed by atoms with Gasteiger partial charge in [-0.2, -0.15) is 0 Å². The summed E-state index contributed by atoms with van der Waals surface area (Å²) < 4.78 is 5.80. The van der Waals surface area contributed by atoms with Gasteiger partial charge in [0, 0.05) is 6.54 Å². The predicted octanol–water partition coefficient (Wildman–Crippen LogP) is 2.95. The van der Waals surface area contributed by atoms with Crippen LogP contribution in [0, 0.1) is 6.92 Å². The van der Waals surface area contributed by atoms with E-state index >= 15 is 0 Å². The second-order valence-corrected chi connectivity index (χ2v) is 4.87. The summed E-state index contributed by atoms with van der Waals surface area (Å²) in [7, 11) is 0. The molecule has 0 aliphatic carbocycles. The van der Waals surface area contributed by atoms with Gasteiger partial charge in [0.15, 0.2) is 0 Å². The van der Waals surface area contributed by atoms with Crippen LogP contribution in [0.5, 0.6) is 11.5 Å². The lowest BCUT2D eigenvalue weighted by molar-refractivity contribution is 0.0668. The average Bonchev–Trinajstić information content (AvgIpc) is 2.42. The van der Waals surface area contributed by atoms with Crippen LogP contribution in [0.2, 0.25) is 0 Å². The summed E-state index contributed by atoms with van der Waals surface area (Å²) in [4.78, 5) is 0. The molecule has 3 heteroatoms. The Hall–Kier alpha value is -1.84. The molecule has 100 valence electrons. The monoisotopic (exact) mass is 257 g/mol. The molecule has 2 aromatic rings. The number of ether oxygens (including phenoxy) is 1. The molecule has 0 aromatic heterocycles. The largest absolute Gasteiger partial charge is 0.457 e. The van der Waals surface area contributed by atoms with E-state index in [0.717, 1.165) is 22.6 Å². The Labute approximate surface area is 113 Å². The van der Waals surface area contributed by atoms with Crippen LogP contribution in [-0.2, 0) is 5.60 Å². The molecule has 0 saturated heterocycles. The predicted molar refractivity (Wildman–Crippen MR) is 76.3 cm³/mol. The zero-order valence-corrected chi connectivity index (χ0v) is 11.3. The maximum atomic E-state index is 10.1. The summed E-state index contributed by atoms with van der Waals surface area (Å²) in [5.41, 5.74) is 6.41. The van der Waals surface area contributed by atoms with E-state index in [1.54, 1.807) is 6.92 Å². The molecule has 19 heavy (non-hydrogen) atoms. The van der Waals surface area contributed by atoms with Gasteiger partial charge in [0.1, 0.15) is 11.5 Å². The van der Waals surface area contributed by atoms with Gasteiger partial charge < -0.3 is 15.6 Å². The smallest absolute Gasteiger partial charge is 0.130 e. The van der Waals surface area contributed by atoms with Crippen LogP contribution in [0.4, 0.5) is 0 Å². The molecule has 3 N–H and O–H groups in total. The number of para-hydroxylation sites is 1. The number of aliphatic hydroxyl groups is 1. The topological polar surface area (TPSA) is 55.5 Å². The van der Waals surface area contributed by atoms with E-state index in [1.807, 2.05) is 55.5 Å². The molecule has 1 atom stereocenters. The van der Waals surface area contributed by atoms with E-state index in [1.165, 1.54) is 0 Å². The van der Waals surface area contributed by atoms with Gasteiger partial charge in [0.25, 0.3) is 0 Å². The zero-order valence-electron chi connectivity index (χ0n) is 11.3. The number of hydrogen-bond donors (Lipinski definition) is 2. The number of nitrogens with two attached hydrogens (primary N) is 1. The summed E-state index contributed by atoms with van der Waals surface area (Å²) in [5.74, 6) is 1.58. The first-order chi connectivity index (χ1) is 9.03. The van der Waals surface area contributed by atoms with Gasteiger partial charge in [-0.05, 0) is 43.2 Å². The van der Waals surface area contributed by atoms with Crippen LogP contribution in [-0.4, -0.2) is 11.7 Å². The van der Waals surface area contributed by atoms with Crippen LogP contribution < -0.4 is 10.5 Å². The molecule has 0 heterocycles. The number of hydrogen-bond acceptors (Lipinski definition) is 3. The van der Waals surface area contributed by atoms with Crippen molar-refractivity contribution in [1.82, 2.24) is 0 Å². The molecular formula is C16H19NO2. The standard InChI is InChI=1S/C16H19NO2/c1-12-5-3-4-6-15(12)19-14-9-7-13(8-10-14)16(2,18)11-17/h3-10,18H,11,17H2,1-2H3. The van der Waals surface area contributed by atoms with Crippen molar-refractivity contribution in [1.29, 1.82) is 0 Å². The van der Waals surface area contributed by atoms with E-state index in [0.29, 0.717) is 0 Å². The van der Waals surface area contributed by atoms with Gasteiger partial charge in [-0.25, -0.2) is 0 Å².